The van der Waals surface area contributed by atoms with Crippen LogP contribution in [0.5, 0.6) is 0 Å². The van der Waals surface area contributed by atoms with Crippen molar-refractivity contribution in [2.75, 3.05) is 13.2 Å². The number of carbonyl (C=O) groups is 1. The summed E-state index contributed by atoms with van der Waals surface area (Å²) in [4.78, 5) is 21.2. The molecule has 0 aliphatic rings. The smallest absolute Gasteiger partial charge is 0.340 e. The first-order valence-electron chi connectivity index (χ1n) is 4.66. The van der Waals surface area contributed by atoms with Gasteiger partial charge in [-0.25, -0.2) is 4.79 Å². The molecule has 6 heteroatoms. The first-order chi connectivity index (χ1) is 7.63. The maximum Gasteiger partial charge on any atom is 0.340 e. The van der Waals surface area contributed by atoms with Crippen molar-refractivity contribution in [3.63, 3.8) is 0 Å². The average molecular weight is 225 g/mol. The molecule has 0 spiro atoms. The van der Waals surface area contributed by atoms with E-state index in [2.05, 4.69) is 0 Å². The number of rotatable bonds is 5. The predicted octanol–water partition coefficient (Wildman–Crippen LogP) is 1.50. The topological polar surface area (TPSA) is 82.6 Å². The van der Waals surface area contributed by atoms with E-state index in [4.69, 9.17) is 9.15 Å². The van der Waals surface area contributed by atoms with Crippen molar-refractivity contribution in [1.82, 2.24) is 0 Å². The maximum absolute atomic E-state index is 11.4. The van der Waals surface area contributed by atoms with Gasteiger partial charge in [-0.3, -0.25) is 10.1 Å². The van der Waals surface area contributed by atoms with E-state index >= 15 is 0 Å². The van der Waals surface area contributed by atoms with Gasteiger partial charge in [0.25, 0.3) is 0 Å². The summed E-state index contributed by atoms with van der Waals surface area (Å²) in [5.74, 6) is -0.319. The molecule has 0 amide bonds. The molecule has 0 aliphatic carbocycles. The second-order valence-corrected chi connectivity index (χ2v) is 2.90. The second kappa shape index (κ2) is 5.69. The van der Waals surface area contributed by atoms with Crippen LogP contribution in [0.2, 0.25) is 0 Å². The van der Waals surface area contributed by atoms with E-state index in [0.717, 1.165) is 0 Å². The minimum atomic E-state index is -0.699. The number of carbonyl (C=O) groups excluding carboxylic acids is 1. The van der Waals surface area contributed by atoms with Gasteiger partial charge < -0.3 is 9.15 Å². The molecule has 6 nitrogen and oxygen atoms in total. The Bertz CT molecular complexity index is 393. The molecule has 0 aliphatic heterocycles. The zero-order valence-electron chi connectivity index (χ0n) is 8.71. The Balaban J connectivity index is 2.86. The van der Waals surface area contributed by atoms with Crippen LogP contribution >= 0.6 is 0 Å². The number of hydrogen-bond donors (Lipinski definition) is 0. The molecule has 0 aromatic carbocycles. The summed E-state index contributed by atoms with van der Waals surface area (Å²) in [6.07, 6.45) is 2.72. The third-order valence-electron chi connectivity index (χ3n) is 1.70. The molecule has 0 fully saturated rings. The molecule has 0 unspecified atom stereocenters. The Morgan fingerprint density at radius 2 is 2.44 bits per heavy atom. The number of hydrogen-bond acceptors (Lipinski definition) is 5. The van der Waals surface area contributed by atoms with Crippen LogP contribution in [0.3, 0.4) is 0 Å². The van der Waals surface area contributed by atoms with Crippen molar-refractivity contribution in [3.05, 3.63) is 39.8 Å². The molecule has 16 heavy (non-hydrogen) atoms. The number of nitro groups is 1. The summed E-state index contributed by atoms with van der Waals surface area (Å²) < 4.78 is 9.67. The summed E-state index contributed by atoms with van der Waals surface area (Å²) in [6.45, 7) is 1.22. The molecule has 1 aromatic heterocycles. The van der Waals surface area contributed by atoms with Crippen molar-refractivity contribution in [2.24, 2.45) is 0 Å². The third-order valence-corrected chi connectivity index (χ3v) is 1.70. The van der Waals surface area contributed by atoms with Gasteiger partial charge in [0.15, 0.2) is 0 Å². The van der Waals surface area contributed by atoms with Crippen molar-refractivity contribution in [1.29, 1.82) is 0 Å². The van der Waals surface area contributed by atoms with E-state index < -0.39 is 17.4 Å². The lowest BCUT2D eigenvalue weighted by Crippen LogP contribution is -2.15. The van der Waals surface area contributed by atoms with Crippen LogP contribution in [-0.4, -0.2) is 24.0 Å². The molecule has 0 radical (unpaired) electrons. The standard InChI is InChI=1S/C10H11NO5/c1-2-15-10(12)8(7-11(13)14)6-9-4-3-5-16-9/h3-6H,2,7H2,1H3. The fourth-order valence-electron chi connectivity index (χ4n) is 1.08. The average Bonchev–Trinajstić information content (AvgIpc) is 2.69. The SMILES string of the molecule is CCOC(=O)C(=Cc1ccco1)C[N+](=O)[O-]. The minimum absolute atomic E-state index is 0.0400. The van der Waals surface area contributed by atoms with Crippen LogP contribution in [0.1, 0.15) is 12.7 Å². The lowest BCUT2D eigenvalue weighted by Gasteiger charge is -2.01. The number of nitrogens with zero attached hydrogens (tertiary/aromatic N) is 1. The molecule has 0 N–H and O–H groups in total. The van der Waals surface area contributed by atoms with E-state index in [0.29, 0.717) is 5.76 Å². The first kappa shape index (κ1) is 12.0. The Morgan fingerprint density at radius 1 is 1.69 bits per heavy atom. The number of furan rings is 1. The van der Waals surface area contributed by atoms with E-state index in [-0.39, 0.29) is 12.2 Å². The Labute approximate surface area is 91.7 Å². The zero-order valence-corrected chi connectivity index (χ0v) is 8.71. The van der Waals surface area contributed by atoms with Gasteiger partial charge in [0.1, 0.15) is 11.3 Å². The van der Waals surface area contributed by atoms with Gasteiger partial charge in [-0.1, -0.05) is 0 Å². The van der Waals surface area contributed by atoms with Gasteiger partial charge in [-0.2, -0.15) is 0 Å². The van der Waals surface area contributed by atoms with Crippen LogP contribution in [0, 0.1) is 10.1 Å². The minimum Gasteiger partial charge on any atom is -0.465 e. The summed E-state index contributed by atoms with van der Waals surface area (Å²) in [5.41, 5.74) is -0.0400. The van der Waals surface area contributed by atoms with E-state index in [1.165, 1.54) is 12.3 Å². The van der Waals surface area contributed by atoms with Gasteiger partial charge in [0, 0.05) is 4.92 Å². The predicted molar refractivity (Wildman–Crippen MR) is 55.2 cm³/mol. The highest BCUT2D eigenvalue weighted by Crippen LogP contribution is 2.09. The molecular weight excluding hydrogens is 214 g/mol. The molecule has 1 rings (SSSR count). The van der Waals surface area contributed by atoms with E-state index in [1.54, 1.807) is 19.1 Å². The van der Waals surface area contributed by atoms with E-state index in [9.17, 15) is 14.9 Å². The Kier molecular flexibility index (Phi) is 4.26. The summed E-state index contributed by atoms with van der Waals surface area (Å²) in [6, 6.07) is 3.22. The first-order valence-corrected chi connectivity index (χ1v) is 4.66. The molecule has 0 bridgehead atoms. The van der Waals surface area contributed by atoms with Crippen LogP contribution in [-0.2, 0) is 9.53 Å². The zero-order chi connectivity index (χ0) is 12.0. The maximum atomic E-state index is 11.4. The highest BCUT2D eigenvalue weighted by molar-refractivity contribution is 5.93. The number of ether oxygens (including phenoxy) is 1. The quantitative estimate of drug-likeness (QED) is 0.328. The summed E-state index contributed by atoms with van der Waals surface area (Å²) >= 11 is 0. The Hall–Kier alpha value is -2.11. The normalized spacial score (nSPS) is 11.2. The molecule has 0 atom stereocenters. The largest absolute Gasteiger partial charge is 0.465 e. The highest BCUT2D eigenvalue weighted by atomic mass is 16.6. The van der Waals surface area contributed by atoms with Crippen LogP contribution in [0.4, 0.5) is 0 Å². The monoisotopic (exact) mass is 225 g/mol. The molecular formula is C10H11NO5. The van der Waals surface area contributed by atoms with Gasteiger partial charge in [0.2, 0.25) is 6.54 Å². The summed E-state index contributed by atoms with van der Waals surface area (Å²) in [7, 11) is 0. The summed E-state index contributed by atoms with van der Waals surface area (Å²) in [5, 5.41) is 10.4. The molecule has 0 saturated heterocycles. The van der Waals surface area contributed by atoms with Gasteiger partial charge >= 0.3 is 5.97 Å². The number of esters is 1. The fraction of sp³-hybridized carbons (Fsp3) is 0.300. The van der Waals surface area contributed by atoms with Gasteiger partial charge in [-0.05, 0) is 25.1 Å². The molecule has 86 valence electrons. The lowest BCUT2D eigenvalue weighted by molar-refractivity contribution is -0.470. The third kappa shape index (κ3) is 3.56. The van der Waals surface area contributed by atoms with Crippen LogP contribution in [0.25, 0.3) is 6.08 Å². The van der Waals surface area contributed by atoms with Crippen molar-refractivity contribution >= 4 is 12.0 Å². The van der Waals surface area contributed by atoms with Crippen molar-refractivity contribution in [2.45, 2.75) is 6.92 Å². The second-order valence-electron chi connectivity index (χ2n) is 2.90. The molecule has 0 saturated carbocycles. The fourth-order valence-corrected chi connectivity index (χ4v) is 1.08. The highest BCUT2D eigenvalue weighted by Gasteiger charge is 2.17. The van der Waals surface area contributed by atoms with Crippen molar-refractivity contribution < 1.29 is 18.9 Å². The van der Waals surface area contributed by atoms with Gasteiger partial charge in [0.05, 0.1) is 12.9 Å². The van der Waals surface area contributed by atoms with Crippen molar-refractivity contribution in [3.8, 4) is 0 Å². The van der Waals surface area contributed by atoms with Crippen LogP contribution in [0.15, 0.2) is 28.4 Å². The lowest BCUT2D eigenvalue weighted by atomic mass is 10.2. The molecule has 1 aromatic rings. The van der Waals surface area contributed by atoms with E-state index in [1.807, 2.05) is 0 Å². The molecule has 1 heterocycles. The Morgan fingerprint density at radius 3 is 2.94 bits per heavy atom. The van der Waals surface area contributed by atoms with Crippen LogP contribution < -0.4 is 0 Å². The van der Waals surface area contributed by atoms with Gasteiger partial charge in [-0.15, -0.1) is 0 Å².